The van der Waals surface area contributed by atoms with E-state index in [-0.39, 0.29) is 17.6 Å². The first kappa shape index (κ1) is 11.7. The van der Waals surface area contributed by atoms with Gasteiger partial charge in [-0.3, -0.25) is 4.79 Å². The molecule has 5 heteroatoms. The summed E-state index contributed by atoms with van der Waals surface area (Å²) in [5, 5.41) is 0. The molecular formula is C13H17NO4. The second kappa shape index (κ2) is 4.40. The van der Waals surface area contributed by atoms with Crippen molar-refractivity contribution in [1.29, 1.82) is 0 Å². The summed E-state index contributed by atoms with van der Waals surface area (Å²) in [5.41, 5.74) is 0.411. The number of likely N-dealkylation sites (tertiary alicyclic amines) is 1. The highest BCUT2D eigenvalue weighted by Gasteiger charge is 2.47. The fourth-order valence-corrected chi connectivity index (χ4v) is 2.83. The van der Waals surface area contributed by atoms with Crippen LogP contribution in [-0.2, 0) is 9.47 Å². The van der Waals surface area contributed by atoms with Gasteiger partial charge in [0.2, 0.25) is 0 Å². The fraction of sp³-hybridized carbons (Fsp3) is 0.615. The average Bonchev–Trinajstić information content (AvgIpc) is 3.10. The zero-order chi connectivity index (χ0) is 12.6. The first-order valence-electron chi connectivity index (χ1n) is 6.21. The van der Waals surface area contributed by atoms with Crippen molar-refractivity contribution in [2.75, 3.05) is 26.8 Å². The monoisotopic (exact) mass is 251 g/mol. The lowest BCUT2D eigenvalue weighted by atomic mass is 9.98. The Morgan fingerprint density at radius 1 is 1.61 bits per heavy atom. The average molecular weight is 251 g/mol. The normalized spacial score (nSPS) is 31.4. The molecule has 0 radical (unpaired) electrons. The number of rotatable bonds is 2. The summed E-state index contributed by atoms with van der Waals surface area (Å²) >= 11 is 0. The van der Waals surface area contributed by atoms with Crippen LogP contribution in [0.5, 0.6) is 0 Å². The van der Waals surface area contributed by atoms with Crippen molar-refractivity contribution >= 4 is 5.91 Å². The van der Waals surface area contributed by atoms with E-state index in [0.29, 0.717) is 18.7 Å². The maximum Gasteiger partial charge on any atom is 0.257 e. The van der Waals surface area contributed by atoms with Gasteiger partial charge in [-0.2, -0.15) is 0 Å². The van der Waals surface area contributed by atoms with Gasteiger partial charge in [0.15, 0.2) is 0 Å². The third-order valence-electron chi connectivity index (χ3n) is 3.88. The highest BCUT2D eigenvalue weighted by Crippen LogP contribution is 2.36. The van der Waals surface area contributed by atoms with Crippen LogP contribution in [0, 0.1) is 0 Å². The van der Waals surface area contributed by atoms with E-state index in [1.54, 1.807) is 13.2 Å². The van der Waals surface area contributed by atoms with Gasteiger partial charge in [0, 0.05) is 20.1 Å². The smallest absolute Gasteiger partial charge is 0.257 e. The first-order chi connectivity index (χ1) is 8.72. The first-order valence-corrected chi connectivity index (χ1v) is 6.21. The molecule has 1 aromatic rings. The van der Waals surface area contributed by atoms with E-state index in [4.69, 9.17) is 13.9 Å². The summed E-state index contributed by atoms with van der Waals surface area (Å²) < 4.78 is 16.1. The second-order valence-electron chi connectivity index (χ2n) is 5.04. The molecule has 2 saturated heterocycles. The molecule has 18 heavy (non-hydrogen) atoms. The molecule has 0 saturated carbocycles. The largest absolute Gasteiger partial charge is 0.472 e. The molecule has 0 aromatic carbocycles. The second-order valence-corrected chi connectivity index (χ2v) is 5.04. The summed E-state index contributed by atoms with van der Waals surface area (Å²) in [7, 11) is 1.70. The SMILES string of the molecule is CO[C@H]1CO[C@@]2(CCN(C(=O)c3ccoc3)C2)C1. The van der Waals surface area contributed by atoms with Crippen LogP contribution in [-0.4, -0.2) is 49.3 Å². The van der Waals surface area contributed by atoms with Gasteiger partial charge in [0.05, 0.1) is 36.7 Å². The zero-order valence-corrected chi connectivity index (χ0v) is 10.4. The summed E-state index contributed by atoms with van der Waals surface area (Å²) in [6.45, 7) is 2.02. The molecule has 1 amide bonds. The van der Waals surface area contributed by atoms with E-state index in [0.717, 1.165) is 19.4 Å². The van der Waals surface area contributed by atoms with Crippen LogP contribution >= 0.6 is 0 Å². The van der Waals surface area contributed by atoms with Crippen molar-refractivity contribution < 1.29 is 18.7 Å². The van der Waals surface area contributed by atoms with E-state index in [1.165, 1.54) is 12.5 Å². The number of hydrogen-bond acceptors (Lipinski definition) is 4. The lowest BCUT2D eigenvalue weighted by Gasteiger charge is -2.22. The molecule has 3 rings (SSSR count). The van der Waals surface area contributed by atoms with Gasteiger partial charge in [-0.25, -0.2) is 0 Å². The summed E-state index contributed by atoms with van der Waals surface area (Å²) in [5.74, 6) is 0.0186. The lowest BCUT2D eigenvalue weighted by molar-refractivity contribution is 0.00701. The Balaban J connectivity index is 1.67. The predicted molar refractivity (Wildman–Crippen MR) is 63.3 cm³/mol. The van der Waals surface area contributed by atoms with Crippen molar-refractivity contribution in [3.8, 4) is 0 Å². The van der Waals surface area contributed by atoms with Gasteiger partial charge in [-0.1, -0.05) is 0 Å². The van der Waals surface area contributed by atoms with Crippen molar-refractivity contribution in [3.63, 3.8) is 0 Å². The summed E-state index contributed by atoms with van der Waals surface area (Å²) in [6, 6.07) is 1.70. The van der Waals surface area contributed by atoms with Crippen molar-refractivity contribution in [2.45, 2.75) is 24.5 Å². The van der Waals surface area contributed by atoms with Crippen molar-refractivity contribution in [3.05, 3.63) is 24.2 Å². The molecular weight excluding hydrogens is 234 g/mol. The standard InChI is InChI=1S/C13H17NO4/c1-16-11-6-13(18-8-11)3-4-14(9-13)12(15)10-2-5-17-7-10/h2,5,7,11H,3-4,6,8-9H2,1H3/t11-,13+/m1/s1. The topological polar surface area (TPSA) is 51.9 Å². The number of hydrogen-bond donors (Lipinski definition) is 0. The molecule has 0 bridgehead atoms. The van der Waals surface area contributed by atoms with Crippen LogP contribution in [0.2, 0.25) is 0 Å². The molecule has 98 valence electrons. The van der Waals surface area contributed by atoms with Crippen LogP contribution in [0.15, 0.2) is 23.0 Å². The third kappa shape index (κ3) is 1.93. The number of nitrogens with zero attached hydrogens (tertiary/aromatic N) is 1. The molecule has 2 atom stereocenters. The third-order valence-corrected chi connectivity index (χ3v) is 3.88. The maximum absolute atomic E-state index is 12.2. The van der Waals surface area contributed by atoms with Gasteiger partial charge in [0.1, 0.15) is 6.26 Å². The summed E-state index contributed by atoms with van der Waals surface area (Å²) in [4.78, 5) is 14.0. The zero-order valence-electron chi connectivity index (χ0n) is 10.4. The molecule has 5 nitrogen and oxygen atoms in total. The minimum atomic E-state index is -0.194. The molecule has 2 aliphatic rings. The summed E-state index contributed by atoms with van der Waals surface area (Å²) in [6.07, 6.45) is 4.93. The van der Waals surface area contributed by atoms with Crippen LogP contribution in [0.1, 0.15) is 23.2 Å². The van der Waals surface area contributed by atoms with Crippen LogP contribution < -0.4 is 0 Å². The van der Waals surface area contributed by atoms with Crippen LogP contribution in [0.3, 0.4) is 0 Å². The number of methoxy groups -OCH3 is 1. The van der Waals surface area contributed by atoms with E-state index in [1.807, 2.05) is 4.90 Å². The van der Waals surface area contributed by atoms with E-state index < -0.39 is 0 Å². The number of furan rings is 1. The molecule has 0 aliphatic carbocycles. The fourth-order valence-electron chi connectivity index (χ4n) is 2.83. The highest BCUT2D eigenvalue weighted by molar-refractivity contribution is 5.94. The van der Waals surface area contributed by atoms with E-state index in [9.17, 15) is 4.79 Å². The van der Waals surface area contributed by atoms with Gasteiger partial charge < -0.3 is 18.8 Å². The number of amides is 1. The Hall–Kier alpha value is -1.33. The Bertz CT molecular complexity index is 430. The van der Waals surface area contributed by atoms with Gasteiger partial charge in [-0.05, 0) is 12.5 Å². The lowest BCUT2D eigenvalue weighted by Crippen LogP contribution is -2.35. The number of ether oxygens (including phenoxy) is 2. The Morgan fingerprint density at radius 3 is 3.17 bits per heavy atom. The minimum absolute atomic E-state index is 0.0186. The minimum Gasteiger partial charge on any atom is -0.472 e. The Morgan fingerprint density at radius 2 is 2.50 bits per heavy atom. The maximum atomic E-state index is 12.2. The Labute approximate surface area is 106 Å². The molecule has 2 fully saturated rings. The van der Waals surface area contributed by atoms with Crippen molar-refractivity contribution in [2.24, 2.45) is 0 Å². The van der Waals surface area contributed by atoms with Gasteiger partial charge in [0.25, 0.3) is 5.91 Å². The molecule has 1 spiro atoms. The molecule has 0 N–H and O–H groups in total. The van der Waals surface area contributed by atoms with Crippen LogP contribution in [0.25, 0.3) is 0 Å². The molecule has 0 unspecified atom stereocenters. The number of carbonyl (C=O) groups is 1. The van der Waals surface area contributed by atoms with Crippen molar-refractivity contribution in [1.82, 2.24) is 4.90 Å². The highest BCUT2D eigenvalue weighted by atomic mass is 16.6. The molecule has 1 aromatic heterocycles. The van der Waals surface area contributed by atoms with E-state index >= 15 is 0 Å². The molecule has 3 heterocycles. The van der Waals surface area contributed by atoms with Gasteiger partial charge in [-0.15, -0.1) is 0 Å². The quantitative estimate of drug-likeness (QED) is 0.795. The van der Waals surface area contributed by atoms with Gasteiger partial charge >= 0.3 is 0 Å². The van der Waals surface area contributed by atoms with E-state index in [2.05, 4.69) is 0 Å². The molecule has 2 aliphatic heterocycles. The number of carbonyl (C=O) groups excluding carboxylic acids is 1. The Kier molecular flexibility index (Phi) is 2.87. The van der Waals surface area contributed by atoms with Crippen LogP contribution in [0.4, 0.5) is 0 Å². The predicted octanol–water partition coefficient (Wildman–Crippen LogP) is 1.30.